The molecule has 1 atom stereocenters. The molecule has 1 fully saturated rings. The van der Waals surface area contributed by atoms with E-state index in [1.54, 1.807) is 0 Å². The molecule has 1 aromatic rings. The minimum atomic E-state index is -0.399. The second-order valence-electron chi connectivity index (χ2n) is 5.14. The van der Waals surface area contributed by atoms with Crippen LogP contribution >= 0.6 is 0 Å². The Morgan fingerprint density at radius 1 is 1.26 bits per heavy atom. The molecule has 0 radical (unpaired) electrons. The fraction of sp³-hybridized carbons (Fsp3) is 0.600. The lowest BCUT2D eigenvalue weighted by atomic mass is 10.1. The highest BCUT2D eigenvalue weighted by atomic mass is 35.5. The Morgan fingerprint density at radius 2 is 2.00 bits per heavy atom. The van der Waals surface area contributed by atoms with Crippen LogP contribution in [0.5, 0.6) is 5.75 Å². The number of likely N-dealkylation sites (tertiary alicyclic amines) is 1. The molecule has 0 spiro atoms. The van der Waals surface area contributed by atoms with E-state index in [0.29, 0.717) is 6.61 Å². The molecule has 0 aliphatic carbocycles. The van der Waals surface area contributed by atoms with E-state index in [4.69, 9.17) is 4.74 Å². The van der Waals surface area contributed by atoms with Crippen LogP contribution in [0.25, 0.3) is 0 Å². The van der Waals surface area contributed by atoms with Crippen LogP contribution < -0.4 is 17.1 Å². The second-order valence-corrected chi connectivity index (χ2v) is 5.14. The van der Waals surface area contributed by atoms with E-state index in [1.165, 1.54) is 24.8 Å². The Morgan fingerprint density at radius 3 is 2.68 bits per heavy atom. The summed E-state index contributed by atoms with van der Waals surface area (Å²) in [4.78, 5) is 2.33. The van der Waals surface area contributed by atoms with Gasteiger partial charge in [0.2, 0.25) is 0 Å². The standard InChI is InChI=1S/C15H23NO2.ClH/c1-13-6-5-7-15(10-13)18-12-14(17)11-16-8-3-2-4-9-16;/h5-7,10,14,17H,2-4,8-9,11-12H2,1H3;1H/p-1. The molecule has 108 valence electrons. The number of β-amino-alcohol motifs (C(OH)–C–C–N with tert-alkyl or cyclic N) is 1. The summed E-state index contributed by atoms with van der Waals surface area (Å²) in [5.74, 6) is 0.840. The zero-order chi connectivity index (χ0) is 12.8. The molecule has 1 aliphatic heterocycles. The van der Waals surface area contributed by atoms with Crippen LogP contribution in [0.3, 0.4) is 0 Å². The summed E-state index contributed by atoms with van der Waals surface area (Å²) in [6.45, 7) is 5.37. The van der Waals surface area contributed by atoms with Gasteiger partial charge in [0.1, 0.15) is 18.5 Å². The number of aliphatic hydroxyl groups is 1. The minimum absolute atomic E-state index is 0. The van der Waals surface area contributed by atoms with Crippen molar-refractivity contribution in [3.63, 3.8) is 0 Å². The Bertz CT molecular complexity index is 367. The number of aryl methyl sites for hydroxylation is 1. The first-order chi connectivity index (χ1) is 8.74. The first-order valence-corrected chi connectivity index (χ1v) is 6.84. The number of hydrogen-bond donors (Lipinski definition) is 1. The van der Waals surface area contributed by atoms with Gasteiger partial charge in [0, 0.05) is 6.54 Å². The highest BCUT2D eigenvalue weighted by Gasteiger charge is 2.14. The molecule has 1 aliphatic rings. The fourth-order valence-electron chi connectivity index (χ4n) is 2.39. The van der Waals surface area contributed by atoms with Crippen LogP contribution in [0.15, 0.2) is 24.3 Å². The molecule has 1 saturated heterocycles. The third-order valence-corrected chi connectivity index (χ3v) is 3.35. The van der Waals surface area contributed by atoms with E-state index in [9.17, 15) is 5.11 Å². The van der Waals surface area contributed by atoms with E-state index in [0.717, 1.165) is 25.4 Å². The summed E-state index contributed by atoms with van der Waals surface area (Å²) in [7, 11) is 0. The van der Waals surface area contributed by atoms with Crippen molar-refractivity contribution in [1.82, 2.24) is 4.90 Å². The molecule has 1 N–H and O–H groups in total. The lowest BCUT2D eigenvalue weighted by molar-refractivity contribution is -0.00000617. The van der Waals surface area contributed by atoms with E-state index in [-0.39, 0.29) is 12.4 Å². The van der Waals surface area contributed by atoms with E-state index in [2.05, 4.69) is 4.90 Å². The zero-order valence-corrected chi connectivity index (χ0v) is 12.3. The van der Waals surface area contributed by atoms with Gasteiger partial charge in [0.25, 0.3) is 0 Å². The van der Waals surface area contributed by atoms with Crippen molar-refractivity contribution in [3.8, 4) is 5.75 Å². The normalized spacial score (nSPS) is 17.6. The molecule has 3 nitrogen and oxygen atoms in total. The fourth-order valence-corrected chi connectivity index (χ4v) is 2.39. The highest BCUT2D eigenvalue weighted by molar-refractivity contribution is 5.27. The van der Waals surface area contributed by atoms with Gasteiger partial charge in [-0.1, -0.05) is 18.6 Å². The van der Waals surface area contributed by atoms with Gasteiger partial charge in [0.05, 0.1) is 0 Å². The Labute approximate surface area is 122 Å². The average Bonchev–Trinajstić information content (AvgIpc) is 2.38. The van der Waals surface area contributed by atoms with Crippen molar-refractivity contribution in [1.29, 1.82) is 0 Å². The van der Waals surface area contributed by atoms with Crippen molar-refractivity contribution < 1.29 is 22.3 Å². The number of benzene rings is 1. The van der Waals surface area contributed by atoms with Crippen molar-refractivity contribution in [2.24, 2.45) is 0 Å². The van der Waals surface area contributed by atoms with Gasteiger partial charge < -0.3 is 27.2 Å². The van der Waals surface area contributed by atoms with E-state index < -0.39 is 6.10 Å². The number of halogens is 1. The predicted octanol–water partition coefficient (Wildman–Crippen LogP) is -0.775. The minimum Gasteiger partial charge on any atom is -1.00 e. The predicted molar refractivity (Wildman–Crippen MR) is 73.0 cm³/mol. The van der Waals surface area contributed by atoms with Crippen molar-refractivity contribution in [3.05, 3.63) is 29.8 Å². The molecule has 19 heavy (non-hydrogen) atoms. The first kappa shape index (κ1) is 16.3. The van der Waals surface area contributed by atoms with Crippen LogP contribution in [0.2, 0.25) is 0 Å². The van der Waals surface area contributed by atoms with Crippen molar-refractivity contribution >= 4 is 0 Å². The van der Waals surface area contributed by atoms with Gasteiger partial charge in [0.15, 0.2) is 0 Å². The summed E-state index contributed by atoms with van der Waals surface area (Å²) in [5, 5.41) is 9.97. The summed E-state index contributed by atoms with van der Waals surface area (Å²) in [6, 6.07) is 7.94. The topological polar surface area (TPSA) is 32.7 Å². The number of hydrogen-bond acceptors (Lipinski definition) is 3. The van der Waals surface area contributed by atoms with Gasteiger partial charge in [-0.2, -0.15) is 0 Å². The molecular weight excluding hydrogens is 262 g/mol. The van der Waals surface area contributed by atoms with Crippen LogP contribution in [0.1, 0.15) is 24.8 Å². The van der Waals surface area contributed by atoms with Crippen LogP contribution in [0, 0.1) is 6.92 Å². The molecule has 0 amide bonds. The van der Waals surface area contributed by atoms with Crippen LogP contribution in [-0.4, -0.2) is 42.4 Å². The molecule has 0 bridgehead atoms. The Hall–Kier alpha value is -0.770. The smallest absolute Gasteiger partial charge is 0.119 e. The summed E-state index contributed by atoms with van der Waals surface area (Å²) in [6.07, 6.45) is 3.44. The molecule has 4 heteroatoms. The second kappa shape index (κ2) is 8.41. The largest absolute Gasteiger partial charge is 1.00 e. The third-order valence-electron chi connectivity index (χ3n) is 3.35. The van der Waals surface area contributed by atoms with Crippen LogP contribution in [-0.2, 0) is 0 Å². The zero-order valence-electron chi connectivity index (χ0n) is 11.5. The molecule has 1 aromatic carbocycles. The van der Waals surface area contributed by atoms with Crippen LogP contribution in [0.4, 0.5) is 0 Å². The maximum atomic E-state index is 9.97. The SMILES string of the molecule is Cc1cccc(OCC(O)CN2CCCCC2)c1.[Cl-]. The Kier molecular flexibility index (Phi) is 7.21. The quantitative estimate of drug-likeness (QED) is 0.770. The number of aliphatic hydroxyl groups excluding tert-OH is 1. The number of ether oxygens (including phenoxy) is 1. The van der Waals surface area contributed by atoms with E-state index >= 15 is 0 Å². The monoisotopic (exact) mass is 284 g/mol. The van der Waals surface area contributed by atoms with Crippen molar-refractivity contribution in [2.75, 3.05) is 26.2 Å². The first-order valence-electron chi connectivity index (χ1n) is 6.84. The summed E-state index contributed by atoms with van der Waals surface area (Å²) in [5.41, 5.74) is 1.18. The lowest BCUT2D eigenvalue weighted by Crippen LogP contribution is -3.00. The van der Waals surface area contributed by atoms with E-state index in [1.807, 2.05) is 31.2 Å². The molecular formula is C15H23ClNO2-. The van der Waals surface area contributed by atoms with Gasteiger partial charge in [-0.15, -0.1) is 0 Å². The third kappa shape index (κ3) is 5.81. The van der Waals surface area contributed by atoms with Gasteiger partial charge in [-0.05, 0) is 50.6 Å². The average molecular weight is 285 g/mol. The maximum absolute atomic E-state index is 9.97. The number of rotatable bonds is 5. The van der Waals surface area contributed by atoms with Gasteiger partial charge in [-0.25, -0.2) is 0 Å². The van der Waals surface area contributed by atoms with Crippen molar-refractivity contribution in [2.45, 2.75) is 32.3 Å². The summed E-state index contributed by atoms with van der Waals surface area (Å²) >= 11 is 0. The molecule has 1 heterocycles. The maximum Gasteiger partial charge on any atom is 0.119 e. The van der Waals surface area contributed by atoms with Gasteiger partial charge in [-0.3, -0.25) is 0 Å². The molecule has 1 unspecified atom stereocenters. The Balaban J connectivity index is 0.00000180. The lowest BCUT2D eigenvalue weighted by Gasteiger charge is -2.28. The molecule has 2 rings (SSSR count). The summed E-state index contributed by atoms with van der Waals surface area (Å²) < 4.78 is 5.61. The number of piperidine rings is 1. The van der Waals surface area contributed by atoms with Gasteiger partial charge >= 0.3 is 0 Å². The highest BCUT2D eigenvalue weighted by Crippen LogP contribution is 2.13. The molecule has 0 saturated carbocycles. The number of nitrogens with zero attached hydrogens (tertiary/aromatic N) is 1. The molecule has 0 aromatic heterocycles.